The lowest BCUT2D eigenvalue weighted by molar-refractivity contribution is 0.538. The quantitative estimate of drug-likeness (QED) is 0.884. The maximum atomic E-state index is 5.76. The summed E-state index contributed by atoms with van der Waals surface area (Å²) in [6.45, 7) is 6.38. The molecule has 1 aromatic carbocycles. The fourth-order valence-corrected chi connectivity index (χ4v) is 2.98. The van der Waals surface area contributed by atoms with Crippen molar-refractivity contribution in [2.75, 3.05) is 11.1 Å². The van der Waals surface area contributed by atoms with E-state index in [4.69, 9.17) is 5.73 Å². The molecule has 0 unspecified atom stereocenters. The molecule has 0 amide bonds. The summed E-state index contributed by atoms with van der Waals surface area (Å²) in [5.41, 5.74) is 9.79. The van der Waals surface area contributed by atoms with Crippen molar-refractivity contribution in [3.05, 3.63) is 40.7 Å². The van der Waals surface area contributed by atoms with E-state index in [-0.39, 0.29) is 12.0 Å². The Morgan fingerprint density at radius 3 is 2.70 bits per heavy atom. The summed E-state index contributed by atoms with van der Waals surface area (Å²) >= 11 is 7.33. The first-order valence-electron chi connectivity index (χ1n) is 7.60. The second-order valence-electron chi connectivity index (χ2n) is 5.79. The van der Waals surface area contributed by atoms with E-state index in [0.717, 1.165) is 18.7 Å². The smallest absolute Gasteiger partial charge is 0.228 e. The van der Waals surface area contributed by atoms with Gasteiger partial charge in [0.2, 0.25) is 11.9 Å². The van der Waals surface area contributed by atoms with Crippen molar-refractivity contribution in [1.29, 1.82) is 0 Å². The van der Waals surface area contributed by atoms with E-state index < -0.39 is 0 Å². The number of nitrogen functional groups attached to an aromatic ring is 1. The van der Waals surface area contributed by atoms with Gasteiger partial charge in [0.25, 0.3) is 0 Å². The molecule has 3 rings (SSSR count). The van der Waals surface area contributed by atoms with Crippen LogP contribution in [-0.4, -0.2) is 15.0 Å². The van der Waals surface area contributed by atoms with Gasteiger partial charge in [-0.1, -0.05) is 37.6 Å². The first kappa shape index (κ1) is 17.6. The van der Waals surface area contributed by atoms with Gasteiger partial charge in [-0.2, -0.15) is 15.0 Å². The third-order valence-corrected chi connectivity index (χ3v) is 4.05. The largest absolute Gasteiger partial charge is 0.368 e. The molecule has 0 aliphatic heterocycles. The average Bonchev–Trinajstić information content (AvgIpc) is 2.84. The number of hydrogen-bond donors (Lipinski definition) is 2. The van der Waals surface area contributed by atoms with Crippen LogP contribution in [0.4, 0.5) is 11.9 Å². The van der Waals surface area contributed by atoms with Crippen molar-refractivity contribution in [2.45, 2.75) is 39.7 Å². The lowest BCUT2D eigenvalue weighted by atomic mass is 10.0. The topological polar surface area (TPSA) is 76.7 Å². The molecule has 2 aromatic rings. The van der Waals surface area contributed by atoms with Gasteiger partial charge in [-0.05, 0) is 30.4 Å². The molecule has 23 heavy (non-hydrogen) atoms. The summed E-state index contributed by atoms with van der Waals surface area (Å²) in [4.78, 5) is 12.8. The van der Waals surface area contributed by atoms with Crippen molar-refractivity contribution in [2.24, 2.45) is 5.92 Å². The number of nitrogens with zero attached hydrogens (tertiary/aromatic N) is 3. The zero-order valence-corrected chi connectivity index (χ0v) is 15.2. The summed E-state index contributed by atoms with van der Waals surface area (Å²) in [7, 11) is 0. The molecule has 0 saturated carbocycles. The first-order valence-corrected chi connectivity index (χ1v) is 8.93. The summed E-state index contributed by atoms with van der Waals surface area (Å²) in [5, 5.41) is 3.45. The van der Waals surface area contributed by atoms with E-state index in [1.165, 1.54) is 16.7 Å². The van der Waals surface area contributed by atoms with Gasteiger partial charge in [0.15, 0.2) is 0 Å². The van der Waals surface area contributed by atoms with E-state index in [1.807, 2.05) is 6.92 Å². The van der Waals surface area contributed by atoms with Gasteiger partial charge in [0, 0.05) is 28.8 Å². The van der Waals surface area contributed by atoms with Crippen LogP contribution in [0, 0.1) is 12.8 Å². The molecule has 1 heterocycles. The summed E-state index contributed by atoms with van der Waals surface area (Å²) < 4.78 is 0. The van der Waals surface area contributed by atoms with Crippen molar-refractivity contribution in [1.82, 2.24) is 15.0 Å². The Balaban J connectivity index is 0.000000924. The Morgan fingerprint density at radius 1 is 1.26 bits per heavy atom. The highest BCUT2D eigenvalue weighted by Gasteiger charge is 2.30. The van der Waals surface area contributed by atoms with Crippen molar-refractivity contribution in [3.63, 3.8) is 0 Å². The number of nitrogens with one attached hydrogen (secondary N) is 1. The second-order valence-corrected chi connectivity index (χ2v) is 5.79. The molecular weight excluding hydrogens is 326 g/mol. The predicted molar refractivity (Wildman–Crippen MR) is 98.8 cm³/mol. The minimum atomic E-state index is 0.228. The highest BCUT2D eigenvalue weighted by Crippen LogP contribution is 2.38. The van der Waals surface area contributed by atoms with E-state index in [2.05, 4.69) is 74.7 Å². The minimum Gasteiger partial charge on any atom is -0.368 e. The molecule has 0 spiro atoms. The number of anilines is 2. The Labute approximate surface area is 146 Å². The van der Waals surface area contributed by atoms with Crippen LogP contribution in [0.1, 0.15) is 42.4 Å². The van der Waals surface area contributed by atoms with Gasteiger partial charge >= 0.3 is 0 Å². The van der Waals surface area contributed by atoms with E-state index in [9.17, 15) is 0 Å². The van der Waals surface area contributed by atoms with Gasteiger partial charge < -0.3 is 11.1 Å². The number of fused-ring (bicyclic) bond motifs is 1. The molecule has 0 saturated heterocycles. The Bertz CT molecular complexity index is 692. The number of benzene rings is 1. The minimum absolute atomic E-state index is 0.228. The molecule has 122 valence electrons. The van der Waals surface area contributed by atoms with Crippen molar-refractivity contribution < 1.29 is 0 Å². The first-order chi connectivity index (χ1) is 11.1. The van der Waals surface area contributed by atoms with Crippen LogP contribution in [0.2, 0.25) is 0 Å². The summed E-state index contributed by atoms with van der Waals surface area (Å²) in [5.74, 6) is 2.08. The Morgan fingerprint density at radius 2 is 2.00 bits per heavy atom. The summed E-state index contributed by atoms with van der Waals surface area (Å²) in [6.07, 6.45) is 1.83. The SMILES string of the molecule is CCc1nc(N)nc(N[C@H]2c3cc(C)ccc3C[C@@H]2C)n1.S=S. The van der Waals surface area contributed by atoms with Crippen LogP contribution in [0.15, 0.2) is 18.2 Å². The van der Waals surface area contributed by atoms with Gasteiger partial charge in [-0.15, -0.1) is 0 Å². The van der Waals surface area contributed by atoms with Gasteiger partial charge in [-0.3, -0.25) is 0 Å². The van der Waals surface area contributed by atoms with Crippen LogP contribution in [0.5, 0.6) is 0 Å². The lowest BCUT2D eigenvalue weighted by Crippen LogP contribution is -2.17. The maximum absolute atomic E-state index is 5.76. The average molecular weight is 348 g/mol. The van der Waals surface area contributed by atoms with Crippen LogP contribution in [0.25, 0.3) is 0 Å². The third kappa shape index (κ3) is 3.97. The second kappa shape index (κ2) is 7.70. The van der Waals surface area contributed by atoms with E-state index in [1.54, 1.807) is 0 Å². The predicted octanol–water partition coefficient (Wildman–Crippen LogP) is 2.67. The molecule has 5 nitrogen and oxygen atoms in total. The molecule has 1 aliphatic carbocycles. The normalized spacial score (nSPS) is 18.7. The fraction of sp³-hybridized carbons (Fsp3) is 0.438. The molecule has 1 aromatic heterocycles. The molecule has 0 bridgehead atoms. The molecule has 2 atom stereocenters. The molecule has 0 radical (unpaired) electrons. The van der Waals surface area contributed by atoms with E-state index >= 15 is 0 Å². The summed E-state index contributed by atoms with van der Waals surface area (Å²) in [6, 6.07) is 6.87. The van der Waals surface area contributed by atoms with Crippen LogP contribution >= 0.6 is 0 Å². The molecule has 7 heteroatoms. The molecule has 0 fully saturated rings. The van der Waals surface area contributed by atoms with Crippen LogP contribution in [0.3, 0.4) is 0 Å². The monoisotopic (exact) mass is 347 g/mol. The highest BCUT2D eigenvalue weighted by molar-refractivity contribution is 8.07. The van der Waals surface area contributed by atoms with Crippen molar-refractivity contribution >= 4 is 34.3 Å². The van der Waals surface area contributed by atoms with Gasteiger partial charge in [-0.25, -0.2) is 0 Å². The fourth-order valence-electron chi connectivity index (χ4n) is 2.98. The van der Waals surface area contributed by atoms with Gasteiger partial charge in [0.05, 0.1) is 6.04 Å². The number of aromatic nitrogens is 3. The number of rotatable bonds is 3. The molecular formula is C16H21N5S2. The van der Waals surface area contributed by atoms with Crippen LogP contribution in [-0.2, 0) is 35.2 Å². The molecule has 3 N–H and O–H groups in total. The number of nitrogens with two attached hydrogens (primary N) is 1. The van der Waals surface area contributed by atoms with E-state index in [0.29, 0.717) is 11.9 Å². The van der Waals surface area contributed by atoms with Crippen molar-refractivity contribution in [3.8, 4) is 0 Å². The number of aryl methyl sites for hydroxylation is 2. The molecule has 1 aliphatic rings. The number of hydrogen-bond acceptors (Lipinski definition) is 7. The maximum Gasteiger partial charge on any atom is 0.228 e. The lowest BCUT2D eigenvalue weighted by Gasteiger charge is -2.19. The zero-order chi connectivity index (χ0) is 17.0. The van der Waals surface area contributed by atoms with Gasteiger partial charge in [0.1, 0.15) is 5.82 Å². The Hall–Kier alpha value is -1.73. The third-order valence-electron chi connectivity index (χ3n) is 4.05. The standard InChI is InChI=1S/C16H21N5.S2/c1-4-13-18-15(17)21-16(19-13)20-14-10(3)8-11-6-5-9(2)7-12(11)14;1-2/h5-7,10,14H,4,8H2,1-3H3,(H3,17,18,19,20,21);/t10-,14+;/m0./s1. The van der Waals surface area contributed by atoms with Crippen LogP contribution < -0.4 is 11.1 Å². The zero-order valence-electron chi connectivity index (χ0n) is 13.5. The Kier molecular flexibility index (Phi) is 5.90. The highest BCUT2D eigenvalue weighted by atomic mass is 32.8.